The lowest BCUT2D eigenvalue weighted by Crippen LogP contribution is -2.19. The highest BCUT2D eigenvalue weighted by molar-refractivity contribution is 7.98. The normalized spacial score (nSPS) is 9.42. The van der Waals surface area contributed by atoms with Gasteiger partial charge < -0.3 is 5.73 Å². The summed E-state index contributed by atoms with van der Waals surface area (Å²) in [5.41, 5.74) is 4.90. The van der Waals surface area contributed by atoms with E-state index in [4.69, 9.17) is 5.73 Å². The summed E-state index contributed by atoms with van der Waals surface area (Å²) in [4.78, 5) is 15.4. The largest absolute Gasteiger partial charge is 0.351 e. The molecule has 1 aromatic heterocycles. The van der Waals surface area contributed by atoms with Crippen molar-refractivity contribution < 1.29 is 4.79 Å². The fourth-order valence-corrected chi connectivity index (χ4v) is 1.06. The number of primary amides is 1. The van der Waals surface area contributed by atoms with Gasteiger partial charge in [-0.1, -0.05) is 0 Å². The quantitative estimate of drug-likeness (QED) is 0.679. The first-order valence-electron chi connectivity index (χ1n) is 3.29. The zero-order valence-corrected chi connectivity index (χ0v) is 7.39. The Bertz CT molecular complexity index is 272. The molecule has 5 heteroatoms. The molecule has 64 valence electrons. The van der Waals surface area contributed by atoms with Gasteiger partial charge in [0.2, 0.25) is 0 Å². The summed E-state index contributed by atoms with van der Waals surface area (Å²) in [6, 6.07) is 2.97. The van der Waals surface area contributed by atoms with Crippen LogP contribution in [0.25, 0.3) is 0 Å². The van der Waals surface area contributed by atoms with Gasteiger partial charge in [0.1, 0.15) is 5.82 Å². The smallest absolute Gasteiger partial charge is 0.317 e. The van der Waals surface area contributed by atoms with Gasteiger partial charge >= 0.3 is 6.03 Å². The van der Waals surface area contributed by atoms with Gasteiger partial charge in [0.05, 0.1) is 0 Å². The van der Waals surface area contributed by atoms with Gasteiger partial charge in [-0.05, 0) is 18.4 Å². The van der Waals surface area contributed by atoms with E-state index in [1.165, 1.54) is 0 Å². The fraction of sp³-hybridized carbons (Fsp3) is 0.143. The molecular formula is C7H9N3OS. The number of carbonyl (C=O) groups excluding carboxylic acids is 1. The predicted molar refractivity (Wildman–Crippen MR) is 49.2 cm³/mol. The maximum atomic E-state index is 10.4. The number of hydrogen-bond acceptors (Lipinski definition) is 3. The number of thioether (sulfide) groups is 1. The summed E-state index contributed by atoms with van der Waals surface area (Å²) in [5, 5.41) is 2.37. The molecule has 4 nitrogen and oxygen atoms in total. The highest BCUT2D eigenvalue weighted by Gasteiger charge is 1.96. The lowest BCUT2D eigenvalue weighted by Gasteiger charge is -2.00. The number of nitrogens with zero attached hydrogens (tertiary/aromatic N) is 1. The van der Waals surface area contributed by atoms with E-state index in [2.05, 4.69) is 10.3 Å². The van der Waals surface area contributed by atoms with Crippen LogP contribution in [0.4, 0.5) is 10.6 Å². The Morgan fingerprint density at radius 3 is 2.83 bits per heavy atom. The fourth-order valence-electron chi connectivity index (χ4n) is 0.701. The second-order valence-corrected chi connectivity index (χ2v) is 2.95. The number of hydrogen-bond donors (Lipinski definition) is 2. The van der Waals surface area contributed by atoms with Crippen LogP contribution in [0.5, 0.6) is 0 Å². The summed E-state index contributed by atoms with van der Waals surface area (Å²) >= 11 is 1.59. The molecule has 0 spiro atoms. The van der Waals surface area contributed by atoms with Crippen LogP contribution in [0.15, 0.2) is 23.2 Å². The predicted octanol–water partition coefficient (Wildman–Crippen LogP) is 1.29. The minimum Gasteiger partial charge on any atom is -0.351 e. The number of rotatable bonds is 2. The van der Waals surface area contributed by atoms with Crippen LogP contribution >= 0.6 is 11.8 Å². The molecule has 0 fully saturated rings. The van der Waals surface area contributed by atoms with Crippen LogP contribution in [0.3, 0.4) is 0 Å². The Morgan fingerprint density at radius 2 is 2.42 bits per heavy atom. The molecular weight excluding hydrogens is 174 g/mol. The number of amides is 2. The number of nitrogens with one attached hydrogen (secondary N) is 1. The average molecular weight is 183 g/mol. The number of nitrogens with two attached hydrogens (primary N) is 1. The Balaban J connectivity index is 2.71. The highest BCUT2D eigenvalue weighted by atomic mass is 32.2. The second-order valence-electron chi connectivity index (χ2n) is 2.07. The molecule has 0 bridgehead atoms. The summed E-state index contributed by atoms with van der Waals surface area (Å²) in [6.07, 6.45) is 3.63. The van der Waals surface area contributed by atoms with E-state index in [0.29, 0.717) is 5.82 Å². The SMILES string of the molecule is CSc1ccc(NC(N)=O)nc1. The monoisotopic (exact) mass is 183 g/mol. The van der Waals surface area contributed by atoms with Crippen molar-refractivity contribution in [1.29, 1.82) is 0 Å². The highest BCUT2D eigenvalue weighted by Crippen LogP contribution is 2.14. The molecule has 2 amide bonds. The molecule has 3 N–H and O–H groups in total. The van der Waals surface area contributed by atoms with Crippen molar-refractivity contribution >= 4 is 23.6 Å². The molecule has 1 aromatic rings. The van der Waals surface area contributed by atoms with Crippen molar-refractivity contribution in [2.45, 2.75) is 4.90 Å². The van der Waals surface area contributed by atoms with E-state index in [1.807, 2.05) is 12.3 Å². The number of pyridine rings is 1. The lowest BCUT2D eigenvalue weighted by molar-refractivity contribution is 0.259. The first-order chi connectivity index (χ1) is 5.72. The van der Waals surface area contributed by atoms with Crippen LogP contribution in [0.1, 0.15) is 0 Å². The number of anilines is 1. The zero-order valence-electron chi connectivity index (χ0n) is 6.57. The summed E-state index contributed by atoms with van der Waals surface area (Å²) in [5.74, 6) is 0.473. The third kappa shape index (κ3) is 2.43. The van der Waals surface area contributed by atoms with Crippen molar-refractivity contribution in [2.75, 3.05) is 11.6 Å². The van der Waals surface area contributed by atoms with E-state index < -0.39 is 6.03 Å². The Hall–Kier alpha value is -1.23. The summed E-state index contributed by atoms with van der Waals surface area (Å²) < 4.78 is 0. The minimum atomic E-state index is -0.598. The number of urea groups is 1. The maximum Gasteiger partial charge on any atom is 0.317 e. The van der Waals surface area contributed by atoms with Crippen molar-refractivity contribution in [2.24, 2.45) is 5.73 Å². The Labute approximate surface area is 74.6 Å². The van der Waals surface area contributed by atoms with E-state index >= 15 is 0 Å². The topological polar surface area (TPSA) is 68.0 Å². The van der Waals surface area contributed by atoms with Gasteiger partial charge in [-0.15, -0.1) is 11.8 Å². The minimum absolute atomic E-state index is 0.473. The lowest BCUT2D eigenvalue weighted by atomic mass is 10.4. The number of carbonyl (C=O) groups is 1. The van der Waals surface area contributed by atoms with E-state index in [0.717, 1.165) is 4.90 Å². The van der Waals surface area contributed by atoms with Gasteiger partial charge in [0.15, 0.2) is 0 Å². The molecule has 0 saturated heterocycles. The van der Waals surface area contributed by atoms with Crippen molar-refractivity contribution in [3.05, 3.63) is 18.3 Å². The van der Waals surface area contributed by atoms with E-state index in [1.54, 1.807) is 24.0 Å². The Kier molecular flexibility index (Phi) is 2.93. The van der Waals surface area contributed by atoms with Gasteiger partial charge in [0.25, 0.3) is 0 Å². The molecule has 0 saturated carbocycles. The van der Waals surface area contributed by atoms with Crippen LogP contribution in [0.2, 0.25) is 0 Å². The van der Waals surface area contributed by atoms with Crippen LogP contribution in [0, 0.1) is 0 Å². The van der Waals surface area contributed by atoms with Crippen LogP contribution in [-0.2, 0) is 0 Å². The van der Waals surface area contributed by atoms with E-state index in [9.17, 15) is 4.79 Å². The maximum absolute atomic E-state index is 10.4. The molecule has 0 aliphatic carbocycles. The van der Waals surface area contributed by atoms with Gasteiger partial charge in [0, 0.05) is 11.1 Å². The van der Waals surface area contributed by atoms with Gasteiger partial charge in [-0.3, -0.25) is 5.32 Å². The molecule has 0 aliphatic rings. The van der Waals surface area contributed by atoms with E-state index in [-0.39, 0.29) is 0 Å². The molecule has 0 atom stereocenters. The second kappa shape index (κ2) is 3.96. The molecule has 0 aliphatic heterocycles. The molecule has 0 radical (unpaired) electrons. The molecule has 1 rings (SSSR count). The van der Waals surface area contributed by atoms with Crippen LogP contribution in [-0.4, -0.2) is 17.3 Å². The Morgan fingerprint density at radius 1 is 1.67 bits per heavy atom. The summed E-state index contributed by atoms with van der Waals surface area (Å²) in [6.45, 7) is 0. The molecule has 1 heterocycles. The number of aromatic nitrogens is 1. The van der Waals surface area contributed by atoms with Gasteiger partial charge in [-0.2, -0.15) is 0 Å². The van der Waals surface area contributed by atoms with Crippen molar-refractivity contribution in [1.82, 2.24) is 4.98 Å². The van der Waals surface area contributed by atoms with Crippen molar-refractivity contribution in [3.63, 3.8) is 0 Å². The van der Waals surface area contributed by atoms with Crippen molar-refractivity contribution in [3.8, 4) is 0 Å². The zero-order chi connectivity index (χ0) is 8.97. The standard InChI is InChI=1S/C7H9N3OS/c1-12-5-2-3-6(9-4-5)10-7(8)11/h2-4H,1H3,(H3,8,9,10,11). The summed E-state index contributed by atoms with van der Waals surface area (Å²) in [7, 11) is 0. The average Bonchev–Trinajstić information content (AvgIpc) is 2.05. The van der Waals surface area contributed by atoms with Gasteiger partial charge in [-0.25, -0.2) is 9.78 Å². The van der Waals surface area contributed by atoms with Crippen LogP contribution < -0.4 is 11.1 Å². The molecule has 0 aromatic carbocycles. The first kappa shape index (κ1) is 8.86. The molecule has 0 unspecified atom stereocenters. The third-order valence-corrected chi connectivity index (χ3v) is 1.94. The third-order valence-electron chi connectivity index (χ3n) is 1.22. The first-order valence-corrected chi connectivity index (χ1v) is 4.51. The molecule has 12 heavy (non-hydrogen) atoms.